The Hall–Kier alpha value is -3.02. The van der Waals surface area contributed by atoms with Gasteiger partial charge in [0.1, 0.15) is 13.2 Å². The summed E-state index contributed by atoms with van der Waals surface area (Å²) in [5.41, 5.74) is 3.95. The first-order chi connectivity index (χ1) is 14.1. The highest BCUT2D eigenvalue weighted by Crippen LogP contribution is 2.31. The molecule has 1 amide bonds. The molecular weight excluding hydrogens is 370 g/mol. The lowest BCUT2D eigenvalue weighted by Crippen LogP contribution is -2.31. The molecule has 152 valence electrons. The first-order valence-corrected chi connectivity index (χ1v) is 10.0. The molecule has 2 aromatic rings. The van der Waals surface area contributed by atoms with Crippen molar-refractivity contribution < 1.29 is 23.8 Å². The molecule has 6 nitrogen and oxygen atoms in total. The molecule has 0 saturated carbocycles. The maximum atomic E-state index is 12.4. The minimum absolute atomic E-state index is 0.258. The first kappa shape index (κ1) is 19.3. The number of amides is 1. The third kappa shape index (κ3) is 4.53. The summed E-state index contributed by atoms with van der Waals surface area (Å²) < 4.78 is 16.3. The number of ether oxygens (including phenoxy) is 3. The number of hydrogen-bond acceptors (Lipinski definition) is 5. The van der Waals surface area contributed by atoms with Crippen LogP contribution in [-0.4, -0.2) is 43.6 Å². The molecule has 6 heteroatoms. The van der Waals surface area contributed by atoms with E-state index >= 15 is 0 Å². The minimum atomic E-state index is -0.459. The van der Waals surface area contributed by atoms with Crippen LogP contribution in [0.2, 0.25) is 0 Å². The largest absolute Gasteiger partial charge is 0.486 e. The molecule has 2 aliphatic rings. The van der Waals surface area contributed by atoms with E-state index < -0.39 is 5.97 Å². The monoisotopic (exact) mass is 395 g/mol. The fourth-order valence-corrected chi connectivity index (χ4v) is 3.73. The van der Waals surface area contributed by atoms with Gasteiger partial charge >= 0.3 is 5.97 Å². The first-order valence-electron chi connectivity index (χ1n) is 10.0. The SMILES string of the molecule is CN(Cc1ccc2c(c1)OCCO2)C(=O)COC(=O)c1ccc2c(c1)CCCC2. The van der Waals surface area contributed by atoms with Gasteiger partial charge in [-0.2, -0.15) is 0 Å². The summed E-state index contributed by atoms with van der Waals surface area (Å²) in [5, 5.41) is 0. The Labute approximate surface area is 170 Å². The molecule has 0 radical (unpaired) electrons. The Morgan fingerprint density at radius 3 is 2.55 bits per heavy atom. The zero-order chi connectivity index (χ0) is 20.2. The number of rotatable bonds is 5. The van der Waals surface area contributed by atoms with Gasteiger partial charge in [-0.05, 0) is 66.6 Å². The summed E-state index contributed by atoms with van der Waals surface area (Å²) in [6.45, 7) is 1.17. The van der Waals surface area contributed by atoms with Crippen LogP contribution < -0.4 is 9.47 Å². The molecule has 0 saturated heterocycles. The van der Waals surface area contributed by atoms with Gasteiger partial charge in [0.25, 0.3) is 5.91 Å². The molecular formula is C23H25NO5. The smallest absolute Gasteiger partial charge is 0.338 e. The molecule has 0 aromatic heterocycles. The van der Waals surface area contributed by atoms with E-state index in [-0.39, 0.29) is 12.5 Å². The fraction of sp³-hybridized carbons (Fsp3) is 0.391. The molecule has 0 atom stereocenters. The zero-order valence-electron chi connectivity index (χ0n) is 16.6. The van der Waals surface area contributed by atoms with Crippen molar-refractivity contribution in [2.24, 2.45) is 0 Å². The van der Waals surface area contributed by atoms with Crippen LogP contribution in [0.4, 0.5) is 0 Å². The quantitative estimate of drug-likeness (QED) is 0.728. The highest BCUT2D eigenvalue weighted by molar-refractivity contribution is 5.91. The highest BCUT2D eigenvalue weighted by Gasteiger charge is 2.18. The number of benzene rings is 2. The third-order valence-corrected chi connectivity index (χ3v) is 5.36. The van der Waals surface area contributed by atoms with Crippen molar-refractivity contribution in [1.82, 2.24) is 4.90 Å². The van der Waals surface area contributed by atoms with Crippen molar-refractivity contribution in [1.29, 1.82) is 0 Å². The van der Waals surface area contributed by atoms with E-state index in [0.717, 1.165) is 24.8 Å². The van der Waals surface area contributed by atoms with Gasteiger partial charge < -0.3 is 19.1 Å². The topological polar surface area (TPSA) is 65.1 Å². The molecule has 1 aliphatic heterocycles. The Kier molecular flexibility index (Phi) is 5.69. The van der Waals surface area contributed by atoms with Crippen molar-refractivity contribution in [2.45, 2.75) is 32.2 Å². The number of hydrogen-bond donors (Lipinski definition) is 0. The van der Waals surface area contributed by atoms with Crippen LogP contribution in [0.5, 0.6) is 11.5 Å². The molecule has 0 bridgehead atoms. The summed E-state index contributed by atoms with van der Waals surface area (Å²) in [4.78, 5) is 26.3. The number of likely N-dealkylation sites (N-methyl/N-ethyl adjacent to an activating group) is 1. The van der Waals surface area contributed by atoms with Crippen molar-refractivity contribution in [3.63, 3.8) is 0 Å². The molecule has 0 unspecified atom stereocenters. The van der Waals surface area contributed by atoms with Crippen LogP contribution in [-0.2, 0) is 28.9 Å². The second-order valence-electron chi connectivity index (χ2n) is 7.49. The van der Waals surface area contributed by atoms with Crippen molar-refractivity contribution in [3.8, 4) is 11.5 Å². The van der Waals surface area contributed by atoms with E-state index in [4.69, 9.17) is 14.2 Å². The minimum Gasteiger partial charge on any atom is -0.486 e. The molecule has 29 heavy (non-hydrogen) atoms. The maximum absolute atomic E-state index is 12.4. The van der Waals surface area contributed by atoms with E-state index in [2.05, 4.69) is 0 Å². The Bertz CT molecular complexity index is 923. The second kappa shape index (κ2) is 8.55. The summed E-state index contributed by atoms with van der Waals surface area (Å²) in [6, 6.07) is 11.3. The van der Waals surface area contributed by atoms with Gasteiger partial charge in [-0.15, -0.1) is 0 Å². The predicted molar refractivity (Wildman–Crippen MR) is 107 cm³/mol. The number of carbonyl (C=O) groups is 2. The highest BCUT2D eigenvalue weighted by atomic mass is 16.6. The molecule has 1 aliphatic carbocycles. The van der Waals surface area contributed by atoms with Gasteiger partial charge in [-0.3, -0.25) is 4.79 Å². The second-order valence-corrected chi connectivity index (χ2v) is 7.49. The molecule has 0 spiro atoms. The molecule has 2 aromatic carbocycles. The lowest BCUT2D eigenvalue weighted by atomic mass is 9.90. The maximum Gasteiger partial charge on any atom is 0.338 e. The van der Waals surface area contributed by atoms with Crippen LogP contribution in [0.25, 0.3) is 0 Å². The van der Waals surface area contributed by atoms with Crippen LogP contribution in [0, 0.1) is 0 Å². The Balaban J connectivity index is 1.31. The average molecular weight is 395 g/mol. The van der Waals surface area contributed by atoms with Gasteiger partial charge in [0, 0.05) is 13.6 Å². The Morgan fingerprint density at radius 1 is 0.966 bits per heavy atom. The summed E-state index contributed by atoms with van der Waals surface area (Å²) in [6.07, 6.45) is 4.40. The van der Waals surface area contributed by atoms with Gasteiger partial charge in [0.15, 0.2) is 18.1 Å². The standard InChI is InChI=1S/C23H25NO5/c1-24(14-16-6-9-20-21(12-16)28-11-10-27-20)22(25)15-29-23(26)19-8-7-17-4-2-3-5-18(17)13-19/h6-9,12-13H,2-5,10-11,14-15H2,1H3. The summed E-state index contributed by atoms with van der Waals surface area (Å²) in [5.74, 6) is 0.687. The van der Waals surface area contributed by atoms with Crippen LogP contribution in [0.3, 0.4) is 0 Å². The normalized spacial score (nSPS) is 14.7. The molecule has 4 rings (SSSR count). The number of carbonyl (C=O) groups excluding carboxylic acids is 2. The van der Waals surface area contributed by atoms with Gasteiger partial charge in [-0.1, -0.05) is 12.1 Å². The van der Waals surface area contributed by atoms with Crippen molar-refractivity contribution in [3.05, 3.63) is 58.7 Å². The van der Waals surface area contributed by atoms with E-state index in [0.29, 0.717) is 36.8 Å². The lowest BCUT2D eigenvalue weighted by Gasteiger charge is -2.21. The van der Waals surface area contributed by atoms with Crippen LogP contribution in [0.15, 0.2) is 36.4 Å². The van der Waals surface area contributed by atoms with Gasteiger partial charge in [0.05, 0.1) is 5.56 Å². The van der Waals surface area contributed by atoms with Crippen LogP contribution in [0.1, 0.15) is 39.9 Å². The van der Waals surface area contributed by atoms with Gasteiger partial charge in [-0.25, -0.2) is 4.79 Å². The molecule has 0 fully saturated rings. The third-order valence-electron chi connectivity index (χ3n) is 5.36. The molecule has 1 heterocycles. The average Bonchev–Trinajstić information content (AvgIpc) is 2.76. The van der Waals surface area contributed by atoms with E-state index in [9.17, 15) is 9.59 Å². The van der Waals surface area contributed by atoms with Crippen molar-refractivity contribution >= 4 is 11.9 Å². The Morgan fingerprint density at radius 2 is 1.72 bits per heavy atom. The molecule has 0 N–H and O–H groups in total. The van der Waals surface area contributed by atoms with E-state index in [1.807, 2.05) is 30.3 Å². The summed E-state index contributed by atoms with van der Waals surface area (Å²) >= 11 is 0. The zero-order valence-corrected chi connectivity index (χ0v) is 16.6. The number of esters is 1. The predicted octanol–water partition coefficient (Wildman–Crippen LogP) is 3.15. The van der Waals surface area contributed by atoms with Gasteiger partial charge in [0.2, 0.25) is 0 Å². The van der Waals surface area contributed by atoms with Crippen LogP contribution >= 0.6 is 0 Å². The van der Waals surface area contributed by atoms with Crippen molar-refractivity contribution in [2.75, 3.05) is 26.9 Å². The fourth-order valence-electron chi connectivity index (χ4n) is 3.73. The van der Waals surface area contributed by atoms with E-state index in [1.165, 1.54) is 22.4 Å². The lowest BCUT2D eigenvalue weighted by molar-refractivity contribution is -0.133. The van der Waals surface area contributed by atoms with E-state index in [1.54, 1.807) is 13.1 Å². The number of fused-ring (bicyclic) bond motifs is 2. The number of nitrogens with zero attached hydrogens (tertiary/aromatic N) is 1. The number of aryl methyl sites for hydroxylation is 2. The summed E-state index contributed by atoms with van der Waals surface area (Å²) in [7, 11) is 1.69.